The van der Waals surface area contributed by atoms with Gasteiger partial charge in [0.05, 0.1) is 31.0 Å². The van der Waals surface area contributed by atoms with E-state index in [-0.39, 0.29) is 23.8 Å². The lowest BCUT2D eigenvalue weighted by atomic mass is 9.85. The standard InChI is InChI=1S/C31H58N2O10/c1-5-18-10-8-11-20(7-3)29(39)33-15-9-12-19(6-2)21(14-13-18)41-31-28(23(32)24(35)17(4)40-31)43-30-27(38)26(37)25(36)22(16-34)42-30/h17-28,30-31,34-38H,5-16,32H2,1-4H3,(H,33,39)/t17-,18?,19+,20?,21?,22-,23+,24-,25-,26+,27-,28+,30-,31-/m0/s1. The minimum Gasteiger partial charge on any atom is -0.394 e. The third-order valence-electron chi connectivity index (χ3n) is 9.89. The van der Waals surface area contributed by atoms with Gasteiger partial charge in [-0.2, -0.15) is 0 Å². The van der Waals surface area contributed by atoms with Crippen LogP contribution in [-0.2, 0) is 23.7 Å². The molecular formula is C31H58N2O10. The summed E-state index contributed by atoms with van der Waals surface area (Å²) in [5, 5.41) is 54.6. The van der Waals surface area contributed by atoms with Crippen molar-refractivity contribution in [2.45, 2.75) is 159 Å². The van der Waals surface area contributed by atoms with Gasteiger partial charge in [-0.1, -0.05) is 46.5 Å². The van der Waals surface area contributed by atoms with Crippen LogP contribution >= 0.6 is 0 Å². The molecule has 0 aromatic heterocycles. The van der Waals surface area contributed by atoms with Crippen molar-refractivity contribution in [3.63, 3.8) is 0 Å². The zero-order chi connectivity index (χ0) is 31.7. The molecule has 0 aliphatic carbocycles. The van der Waals surface area contributed by atoms with Gasteiger partial charge in [0.15, 0.2) is 12.6 Å². The minimum absolute atomic E-state index is 0.0594. The van der Waals surface area contributed by atoms with Crippen LogP contribution in [-0.4, -0.2) is 112 Å². The topological polar surface area (TPSA) is 193 Å². The lowest BCUT2D eigenvalue weighted by Gasteiger charge is -2.47. The van der Waals surface area contributed by atoms with Crippen LogP contribution in [0.25, 0.3) is 0 Å². The van der Waals surface area contributed by atoms with E-state index in [1.807, 2.05) is 0 Å². The monoisotopic (exact) mass is 618 g/mol. The number of hydrogen-bond donors (Lipinski definition) is 7. The summed E-state index contributed by atoms with van der Waals surface area (Å²) in [5.41, 5.74) is 6.44. The first-order valence-electron chi connectivity index (χ1n) is 16.5. The molecule has 3 heterocycles. The highest BCUT2D eigenvalue weighted by atomic mass is 16.8. The Morgan fingerprint density at radius 3 is 2.23 bits per heavy atom. The minimum atomic E-state index is -1.63. The normalized spacial score (nSPS) is 44.4. The van der Waals surface area contributed by atoms with E-state index in [1.54, 1.807) is 6.92 Å². The van der Waals surface area contributed by atoms with Crippen LogP contribution in [0.1, 0.15) is 91.9 Å². The van der Waals surface area contributed by atoms with Gasteiger partial charge in [0.1, 0.15) is 30.5 Å². The zero-order valence-corrected chi connectivity index (χ0v) is 26.4. The Bertz CT molecular complexity index is 821. The summed E-state index contributed by atoms with van der Waals surface area (Å²) in [6.45, 7) is 8.10. The second-order valence-electron chi connectivity index (χ2n) is 12.7. The van der Waals surface area contributed by atoms with Crippen molar-refractivity contribution in [3.8, 4) is 0 Å². The Kier molecular flexibility index (Phi) is 15.0. The molecule has 252 valence electrons. The summed E-state index contributed by atoms with van der Waals surface area (Å²) >= 11 is 0. The second kappa shape index (κ2) is 17.7. The summed E-state index contributed by atoms with van der Waals surface area (Å²) in [5.74, 6) is 0.848. The first-order valence-corrected chi connectivity index (χ1v) is 16.5. The summed E-state index contributed by atoms with van der Waals surface area (Å²) in [6, 6.07) is -0.968. The molecule has 0 bridgehead atoms. The number of aliphatic hydroxyl groups is 5. The zero-order valence-electron chi connectivity index (χ0n) is 26.4. The van der Waals surface area contributed by atoms with Crippen molar-refractivity contribution >= 4 is 5.91 Å². The molecule has 43 heavy (non-hydrogen) atoms. The Balaban J connectivity index is 1.81. The van der Waals surface area contributed by atoms with E-state index in [1.165, 1.54) is 0 Å². The average Bonchev–Trinajstić information content (AvgIpc) is 3.00. The Hall–Kier alpha value is -0.930. The van der Waals surface area contributed by atoms with Gasteiger partial charge >= 0.3 is 0 Å². The molecule has 12 heteroatoms. The molecule has 12 nitrogen and oxygen atoms in total. The van der Waals surface area contributed by atoms with Crippen LogP contribution in [0.3, 0.4) is 0 Å². The predicted molar refractivity (Wildman–Crippen MR) is 159 cm³/mol. The molecule has 1 amide bonds. The molecule has 3 fully saturated rings. The molecule has 14 atom stereocenters. The van der Waals surface area contributed by atoms with Crippen LogP contribution in [0.2, 0.25) is 0 Å². The van der Waals surface area contributed by atoms with Gasteiger partial charge in [0, 0.05) is 12.5 Å². The smallest absolute Gasteiger partial charge is 0.223 e. The number of hydrogen-bond acceptors (Lipinski definition) is 11. The number of rotatable bonds is 8. The number of nitrogens with two attached hydrogens (primary N) is 1. The fourth-order valence-electron chi connectivity index (χ4n) is 6.74. The number of amides is 1. The van der Waals surface area contributed by atoms with Crippen LogP contribution in [0.15, 0.2) is 0 Å². The van der Waals surface area contributed by atoms with Gasteiger partial charge in [-0.05, 0) is 57.3 Å². The van der Waals surface area contributed by atoms with Gasteiger partial charge in [-0.15, -0.1) is 0 Å². The maximum absolute atomic E-state index is 12.8. The van der Waals surface area contributed by atoms with Crippen molar-refractivity contribution < 1.29 is 49.3 Å². The van der Waals surface area contributed by atoms with E-state index >= 15 is 0 Å². The van der Waals surface area contributed by atoms with Crippen molar-refractivity contribution in [1.82, 2.24) is 5.32 Å². The van der Waals surface area contributed by atoms with Gasteiger partial charge in [0.25, 0.3) is 0 Å². The number of carbonyl (C=O) groups is 1. The molecule has 3 saturated heterocycles. The van der Waals surface area contributed by atoms with Crippen LogP contribution in [0, 0.1) is 17.8 Å². The lowest BCUT2D eigenvalue weighted by Crippen LogP contribution is -2.66. The van der Waals surface area contributed by atoms with E-state index in [9.17, 15) is 30.3 Å². The SMILES string of the molecule is CCC1CCCC(CC)C(=O)NCCC[C@@H](CC)C(O[C@@H]2O[C@@H](C)[C@H](O)[C@@H](N)[C@H]2O[C@@H]2O[C@@H](CO)[C@H](O)[C@@H](O)[C@@H]2O)CC1. The molecule has 0 spiro atoms. The van der Waals surface area contributed by atoms with Gasteiger partial charge < -0.3 is 55.5 Å². The Morgan fingerprint density at radius 2 is 1.58 bits per heavy atom. The fraction of sp³-hybridized carbons (Fsp3) is 0.968. The molecule has 3 unspecified atom stereocenters. The summed E-state index contributed by atoms with van der Waals surface area (Å²) in [4.78, 5) is 12.8. The van der Waals surface area contributed by atoms with E-state index in [0.717, 1.165) is 64.2 Å². The summed E-state index contributed by atoms with van der Waals surface area (Å²) in [6.07, 6.45) is -2.41. The molecule has 0 aromatic carbocycles. The summed E-state index contributed by atoms with van der Waals surface area (Å²) in [7, 11) is 0. The van der Waals surface area contributed by atoms with Crippen LogP contribution in [0.4, 0.5) is 0 Å². The quantitative estimate of drug-likeness (QED) is 0.205. The van der Waals surface area contributed by atoms with Gasteiger partial charge in [-0.3, -0.25) is 4.79 Å². The van der Waals surface area contributed by atoms with Crippen molar-refractivity contribution in [2.24, 2.45) is 23.5 Å². The highest BCUT2D eigenvalue weighted by Gasteiger charge is 2.50. The lowest BCUT2D eigenvalue weighted by molar-refractivity contribution is -0.357. The molecule has 3 aliphatic rings. The highest BCUT2D eigenvalue weighted by Crippen LogP contribution is 2.34. The molecule has 0 radical (unpaired) electrons. The average molecular weight is 619 g/mol. The molecule has 0 aromatic rings. The maximum atomic E-state index is 12.8. The number of ether oxygens (including phenoxy) is 4. The predicted octanol–water partition coefficient (Wildman–Crippen LogP) is 0.929. The Morgan fingerprint density at radius 1 is 0.837 bits per heavy atom. The molecule has 3 rings (SSSR count). The number of aliphatic hydroxyl groups excluding tert-OH is 5. The molecule has 3 aliphatic heterocycles. The van der Waals surface area contributed by atoms with Crippen LogP contribution < -0.4 is 11.1 Å². The summed E-state index contributed by atoms with van der Waals surface area (Å²) < 4.78 is 24.5. The van der Waals surface area contributed by atoms with E-state index < -0.39 is 68.0 Å². The molecular weight excluding hydrogens is 560 g/mol. The van der Waals surface area contributed by atoms with Crippen LogP contribution in [0.5, 0.6) is 0 Å². The first kappa shape index (κ1) is 36.5. The third-order valence-corrected chi connectivity index (χ3v) is 9.89. The van der Waals surface area contributed by atoms with E-state index in [0.29, 0.717) is 12.5 Å². The molecule has 8 N–H and O–H groups in total. The number of carbonyl (C=O) groups excluding carboxylic acids is 1. The third kappa shape index (κ3) is 9.54. The number of nitrogens with one attached hydrogen (secondary N) is 1. The second-order valence-corrected chi connectivity index (χ2v) is 12.7. The fourth-order valence-corrected chi connectivity index (χ4v) is 6.74. The first-order chi connectivity index (χ1) is 20.6. The van der Waals surface area contributed by atoms with Gasteiger partial charge in [-0.25, -0.2) is 0 Å². The van der Waals surface area contributed by atoms with Crippen molar-refractivity contribution in [3.05, 3.63) is 0 Å². The van der Waals surface area contributed by atoms with E-state index in [2.05, 4.69) is 26.1 Å². The molecule has 0 saturated carbocycles. The highest BCUT2D eigenvalue weighted by molar-refractivity contribution is 5.78. The maximum Gasteiger partial charge on any atom is 0.223 e. The van der Waals surface area contributed by atoms with E-state index in [4.69, 9.17) is 24.7 Å². The largest absolute Gasteiger partial charge is 0.394 e. The van der Waals surface area contributed by atoms with Crippen molar-refractivity contribution in [2.75, 3.05) is 13.2 Å². The Labute approximate surface area is 256 Å². The van der Waals surface area contributed by atoms with Gasteiger partial charge in [0.2, 0.25) is 5.91 Å². The van der Waals surface area contributed by atoms with Crippen molar-refractivity contribution in [1.29, 1.82) is 0 Å².